The molecule has 0 radical (unpaired) electrons. The minimum atomic E-state index is -1.52. The average Bonchev–Trinajstić information content (AvgIpc) is 3.46. The van der Waals surface area contributed by atoms with Gasteiger partial charge in [0.1, 0.15) is 13.2 Å². The van der Waals surface area contributed by atoms with Gasteiger partial charge in [-0.25, -0.2) is 4.79 Å². The molecule has 0 saturated carbocycles. The molecular weight excluding hydrogens is 1030 g/mol. The minimum absolute atomic E-state index is 0.183. The van der Waals surface area contributed by atoms with E-state index in [0.29, 0.717) is 23.9 Å². The van der Waals surface area contributed by atoms with Crippen molar-refractivity contribution < 1.29 is 42.9 Å². The number of quaternary nitrogens is 1. The van der Waals surface area contributed by atoms with E-state index in [1.165, 1.54) is 167 Å². The molecule has 0 aromatic heterocycles. The summed E-state index contributed by atoms with van der Waals surface area (Å²) in [5, 5.41) is 9.74. The molecule has 0 bridgehead atoms. The molecule has 0 aromatic carbocycles. The Kier molecular flexibility index (Phi) is 60.8. The summed E-state index contributed by atoms with van der Waals surface area (Å²) in [5.74, 6) is -2.01. The number of hydrogen-bond donors (Lipinski definition) is 1. The topological polar surface area (TPSA) is 108 Å². The summed E-state index contributed by atoms with van der Waals surface area (Å²) in [5.41, 5.74) is 0. The molecule has 0 aromatic rings. The molecule has 2 atom stereocenters. The van der Waals surface area contributed by atoms with E-state index in [1.54, 1.807) is 0 Å². The maximum Gasteiger partial charge on any atom is 0.361 e. The third kappa shape index (κ3) is 65.3. The predicted molar refractivity (Wildman–Crippen MR) is 355 cm³/mol. The summed E-state index contributed by atoms with van der Waals surface area (Å²) in [7, 11) is 5.97. The third-order valence-electron chi connectivity index (χ3n) is 14.5. The van der Waals surface area contributed by atoms with Gasteiger partial charge >= 0.3 is 17.9 Å². The van der Waals surface area contributed by atoms with Crippen molar-refractivity contribution in [3.05, 3.63) is 109 Å². The summed E-state index contributed by atoms with van der Waals surface area (Å²) in [6.45, 7) is 4.76. The van der Waals surface area contributed by atoms with Gasteiger partial charge in [-0.1, -0.05) is 277 Å². The summed E-state index contributed by atoms with van der Waals surface area (Å²) in [6, 6.07) is 0. The third-order valence-corrected chi connectivity index (χ3v) is 14.5. The summed E-state index contributed by atoms with van der Waals surface area (Å²) >= 11 is 0. The SMILES string of the molecule is CC/C=C\C/C=C\C/C=C\C/C=C\C/C=C\C/C=C\CCCCCCCCCCCCCCCCC(=O)OC(COC(=O)CCCCCCCCCCCC/C=C\C/C=C\C/C=C\CCCCCCC)COC(OCC[N+](C)(C)C)C(=O)O. The van der Waals surface area contributed by atoms with E-state index >= 15 is 0 Å². The molecule has 0 aliphatic rings. The largest absolute Gasteiger partial charge is 0.477 e. The van der Waals surface area contributed by atoms with Crippen LogP contribution in [0.25, 0.3) is 0 Å². The van der Waals surface area contributed by atoms with Gasteiger partial charge in [-0.2, -0.15) is 0 Å². The number of likely N-dealkylation sites (N-methyl/N-ethyl adjacent to an activating group) is 1. The Hall–Kier alpha value is -4.05. The van der Waals surface area contributed by atoms with Crippen molar-refractivity contribution in [2.75, 3.05) is 47.5 Å². The van der Waals surface area contributed by atoms with Crippen LogP contribution in [0.1, 0.15) is 284 Å². The van der Waals surface area contributed by atoms with Crippen molar-refractivity contribution >= 4 is 17.9 Å². The second kappa shape index (κ2) is 64.0. The quantitative estimate of drug-likeness (QED) is 0.0211. The van der Waals surface area contributed by atoms with Gasteiger partial charge in [-0.3, -0.25) is 9.59 Å². The smallest absolute Gasteiger partial charge is 0.361 e. The second-order valence-corrected chi connectivity index (χ2v) is 23.7. The van der Waals surface area contributed by atoms with Gasteiger partial charge < -0.3 is 28.5 Å². The molecule has 0 saturated heterocycles. The zero-order valence-corrected chi connectivity index (χ0v) is 54.3. The zero-order chi connectivity index (χ0) is 60.5. The van der Waals surface area contributed by atoms with Gasteiger partial charge in [0, 0.05) is 12.8 Å². The van der Waals surface area contributed by atoms with Crippen molar-refractivity contribution in [1.82, 2.24) is 0 Å². The highest BCUT2D eigenvalue weighted by Crippen LogP contribution is 2.17. The molecule has 0 aliphatic heterocycles. The Bertz CT molecular complexity index is 1730. The standard InChI is InChI=1S/C74H127NO8/c1-6-8-10-12-14-16-18-20-22-24-26-28-30-32-33-34-35-36-37-38-39-41-43-45-47-49-51-53-55-57-59-61-63-65-72(77)83-70(69-82-74(73(78)79)80-67-66-75(3,4)5)68-81-71(76)64-62-60-58-56-54-52-50-48-46-44-42-40-31-29-27-25-23-21-19-17-15-13-11-9-7-2/h8,10,14,16,19-22,25-28,31-33,35-36,40,70,74H,6-7,9,11-13,15,17-18,23-24,29-30,34,37-39,41-69H2,1-5H3/p+1/b10-8-,16-14-,21-19-,22-20-,27-25-,28-26-,33-32-,36-35-,40-31-. The van der Waals surface area contributed by atoms with Crippen molar-refractivity contribution in [3.63, 3.8) is 0 Å². The highest BCUT2D eigenvalue weighted by molar-refractivity contribution is 5.71. The normalized spacial score (nSPS) is 13.4. The van der Waals surface area contributed by atoms with Crippen molar-refractivity contribution in [1.29, 1.82) is 0 Å². The number of carboxylic acids is 1. The number of esters is 2. The van der Waals surface area contributed by atoms with Crippen LogP contribution in [0, 0.1) is 0 Å². The number of aliphatic carboxylic acids is 1. The van der Waals surface area contributed by atoms with E-state index in [4.69, 9.17) is 18.9 Å². The molecule has 83 heavy (non-hydrogen) atoms. The Morgan fingerprint density at radius 1 is 0.373 bits per heavy atom. The molecule has 0 amide bonds. The number of carbonyl (C=O) groups excluding carboxylic acids is 2. The summed E-state index contributed by atoms with van der Waals surface area (Å²) in [6.07, 6.45) is 86.1. The average molecular weight is 1160 g/mol. The minimum Gasteiger partial charge on any atom is -0.477 e. The lowest BCUT2D eigenvalue weighted by molar-refractivity contribution is -0.870. The summed E-state index contributed by atoms with van der Waals surface area (Å²) < 4.78 is 23.0. The molecule has 0 fully saturated rings. The first-order valence-electron chi connectivity index (χ1n) is 34.1. The van der Waals surface area contributed by atoms with Crippen molar-refractivity contribution in [2.24, 2.45) is 0 Å². The molecule has 0 spiro atoms. The number of allylic oxidation sites excluding steroid dienone is 18. The predicted octanol–water partition coefficient (Wildman–Crippen LogP) is 21.0. The van der Waals surface area contributed by atoms with Crippen LogP contribution in [0.3, 0.4) is 0 Å². The van der Waals surface area contributed by atoms with Gasteiger partial charge in [-0.05, 0) is 103 Å². The lowest BCUT2D eigenvalue weighted by Crippen LogP contribution is -2.40. The van der Waals surface area contributed by atoms with Crippen LogP contribution in [0.15, 0.2) is 109 Å². The number of unbranched alkanes of at least 4 members (excludes halogenated alkanes) is 29. The fourth-order valence-corrected chi connectivity index (χ4v) is 9.32. The van der Waals surface area contributed by atoms with E-state index in [-0.39, 0.29) is 32.2 Å². The first kappa shape index (κ1) is 79.0. The zero-order valence-electron chi connectivity index (χ0n) is 54.3. The highest BCUT2D eigenvalue weighted by Gasteiger charge is 2.25. The van der Waals surface area contributed by atoms with Crippen LogP contribution in [0.4, 0.5) is 0 Å². The van der Waals surface area contributed by atoms with Crippen molar-refractivity contribution in [3.8, 4) is 0 Å². The highest BCUT2D eigenvalue weighted by atomic mass is 16.7. The second-order valence-electron chi connectivity index (χ2n) is 23.7. The number of nitrogens with zero attached hydrogens (tertiary/aromatic N) is 1. The maximum atomic E-state index is 12.9. The van der Waals surface area contributed by atoms with Gasteiger partial charge in [0.2, 0.25) is 0 Å². The molecule has 1 N–H and O–H groups in total. The van der Waals surface area contributed by atoms with Gasteiger partial charge in [0.25, 0.3) is 6.29 Å². The molecular formula is C74H128NO8+. The number of carbonyl (C=O) groups is 3. The Balaban J connectivity index is 4.16. The fourth-order valence-electron chi connectivity index (χ4n) is 9.32. The van der Waals surface area contributed by atoms with E-state index in [1.807, 2.05) is 21.1 Å². The van der Waals surface area contributed by atoms with Crippen LogP contribution in [-0.2, 0) is 33.3 Å². The van der Waals surface area contributed by atoms with Gasteiger partial charge in [-0.15, -0.1) is 0 Å². The monoisotopic (exact) mass is 1160 g/mol. The van der Waals surface area contributed by atoms with E-state index in [0.717, 1.165) is 83.5 Å². The number of rotatable bonds is 62. The first-order chi connectivity index (χ1) is 40.6. The lowest BCUT2D eigenvalue weighted by atomic mass is 10.0. The van der Waals surface area contributed by atoms with Crippen LogP contribution in [0.2, 0.25) is 0 Å². The Labute approximate surface area is 511 Å². The molecule has 9 heteroatoms. The lowest BCUT2D eigenvalue weighted by Gasteiger charge is -2.25. The molecule has 2 unspecified atom stereocenters. The number of carboxylic acid groups (broad SMARTS) is 1. The number of ether oxygens (including phenoxy) is 4. The number of hydrogen-bond acceptors (Lipinski definition) is 7. The Morgan fingerprint density at radius 2 is 0.687 bits per heavy atom. The van der Waals surface area contributed by atoms with Crippen LogP contribution < -0.4 is 0 Å². The van der Waals surface area contributed by atoms with Crippen molar-refractivity contribution in [2.45, 2.75) is 296 Å². The molecule has 0 rings (SSSR count). The molecule has 0 aliphatic carbocycles. The molecule has 9 nitrogen and oxygen atoms in total. The molecule has 0 heterocycles. The fraction of sp³-hybridized carbons (Fsp3) is 0.716. The van der Waals surface area contributed by atoms with E-state index < -0.39 is 24.3 Å². The van der Waals surface area contributed by atoms with Crippen LogP contribution >= 0.6 is 0 Å². The van der Waals surface area contributed by atoms with E-state index in [2.05, 4.69) is 123 Å². The molecule has 476 valence electrons. The van der Waals surface area contributed by atoms with Gasteiger partial charge in [0.05, 0.1) is 34.4 Å². The van der Waals surface area contributed by atoms with E-state index in [9.17, 15) is 19.5 Å². The first-order valence-corrected chi connectivity index (χ1v) is 34.1. The van der Waals surface area contributed by atoms with Crippen LogP contribution in [-0.4, -0.2) is 87.4 Å². The summed E-state index contributed by atoms with van der Waals surface area (Å²) in [4.78, 5) is 37.6. The maximum absolute atomic E-state index is 12.9. The van der Waals surface area contributed by atoms with Gasteiger partial charge in [0.15, 0.2) is 6.10 Å². The Morgan fingerprint density at radius 3 is 1.02 bits per heavy atom. The van der Waals surface area contributed by atoms with Crippen LogP contribution in [0.5, 0.6) is 0 Å².